The van der Waals surface area contributed by atoms with Gasteiger partial charge in [0.2, 0.25) is 5.95 Å². The van der Waals surface area contributed by atoms with Crippen LogP contribution in [0.4, 0.5) is 23.1 Å². The predicted octanol–water partition coefficient (Wildman–Crippen LogP) is 1.49. The molecule has 0 amide bonds. The Morgan fingerprint density at radius 1 is 1.16 bits per heavy atom. The summed E-state index contributed by atoms with van der Waals surface area (Å²) in [7, 11) is 1.82. The van der Waals surface area contributed by atoms with Gasteiger partial charge < -0.3 is 22.5 Å². The number of aryl methyl sites for hydroxylation is 1. The first kappa shape index (κ1) is 12.9. The number of hydrogen-bond acceptors (Lipinski definition) is 6. The van der Waals surface area contributed by atoms with Gasteiger partial charge >= 0.3 is 0 Å². The topological polar surface area (TPSA) is 116 Å². The molecule has 0 fully saturated rings. The van der Waals surface area contributed by atoms with Crippen LogP contribution in [0.2, 0.25) is 0 Å². The number of benzene rings is 1. The molecule has 0 saturated carbocycles. The van der Waals surface area contributed by atoms with E-state index in [1.807, 2.05) is 32.2 Å². The number of nitrogens with two attached hydrogens (primary N) is 3. The maximum absolute atomic E-state index is 5.97. The first-order valence-corrected chi connectivity index (χ1v) is 6.06. The van der Waals surface area contributed by atoms with E-state index in [9.17, 15) is 0 Å². The van der Waals surface area contributed by atoms with Crippen molar-refractivity contribution < 1.29 is 0 Å². The second-order valence-electron chi connectivity index (χ2n) is 4.19. The van der Waals surface area contributed by atoms with Crippen LogP contribution in [0, 0.1) is 0 Å². The Bertz CT molecular complexity index is 608. The molecule has 0 unspecified atom stereocenters. The monoisotopic (exact) mass is 258 g/mol. The fraction of sp³-hybridized carbons (Fsp3) is 0.231. The van der Waals surface area contributed by atoms with Crippen molar-refractivity contribution in [2.24, 2.45) is 0 Å². The molecule has 0 aliphatic rings. The molecule has 0 radical (unpaired) electrons. The van der Waals surface area contributed by atoms with E-state index >= 15 is 0 Å². The summed E-state index contributed by atoms with van der Waals surface area (Å²) in [5.74, 6) is 0.568. The summed E-state index contributed by atoms with van der Waals surface area (Å²) in [5.41, 5.74) is 21.6. The second-order valence-corrected chi connectivity index (χ2v) is 4.19. The van der Waals surface area contributed by atoms with E-state index in [0.29, 0.717) is 11.5 Å². The van der Waals surface area contributed by atoms with Crippen molar-refractivity contribution >= 4 is 23.1 Å². The standard InChI is InChI=1S/C13H18N6/c1-3-9-11(12(15)19-13(16)18-9)7-4-5-10(17-2)8(14)6-7/h4-6,17H,3,14H2,1-2H3,(H4,15,16,18,19). The predicted molar refractivity (Wildman–Crippen MR) is 79.6 cm³/mol. The van der Waals surface area contributed by atoms with Crippen molar-refractivity contribution in [2.45, 2.75) is 13.3 Å². The molecule has 2 aromatic rings. The summed E-state index contributed by atoms with van der Waals surface area (Å²) in [4.78, 5) is 8.25. The smallest absolute Gasteiger partial charge is 0.222 e. The fourth-order valence-corrected chi connectivity index (χ4v) is 2.06. The van der Waals surface area contributed by atoms with Gasteiger partial charge in [0.05, 0.1) is 17.1 Å². The van der Waals surface area contributed by atoms with E-state index in [2.05, 4.69) is 15.3 Å². The highest BCUT2D eigenvalue weighted by atomic mass is 15.0. The quantitative estimate of drug-likeness (QED) is 0.620. The third-order valence-electron chi connectivity index (χ3n) is 2.97. The molecule has 0 bridgehead atoms. The van der Waals surface area contributed by atoms with Gasteiger partial charge in [-0.2, -0.15) is 4.98 Å². The SMILES string of the molecule is CCc1nc(N)nc(N)c1-c1ccc(NC)c(N)c1. The van der Waals surface area contributed by atoms with E-state index in [1.54, 1.807) is 0 Å². The largest absolute Gasteiger partial charge is 0.397 e. The lowest BCUT2D eigenvalue weighted by atomic mass is 10.0. The number of aromatic nitrogens is 2. The zero-order valence-corrected chi connectivity index (χ0v) is 11.1. The first-order valence-electron chi connectivity index (χ1n) is 6.06. The van der Waals surface area contributed by atoms with E-state index in [4.69, 9.17) is 17.2 Å². The molecule has 0 spiro atoms. The maximum Gasteiger partial charge on any atom is 0.222 e. The summed E-state index contributed by atoms with van der Waals surface area (Å²) < 4.78 is 0. The zero-order chi connectivity index (χ0) is 14.0. The van der Waals surface area contributed by atoms with Crippen LogP contribution in [0.3, 0.4) is 0 Å². The Hall–Kier alpha value is -2.50. The van der Waals surface area contributed by atoms with Gasteiger partial charge in [0.25, 0.3) is 0 Å². The van der Waals surface area contributed by atoms with Crippen LogP contribution in [0.5, 0.6) is 0 Å². The van der Waals surface area contributed by atoms with Crippen LogP contribution in [0.15, 0.2) is 18.2 Å². The molecular formula is C13H18N6. The van der Waals surface area contributed by atoms with Crippen LogP contribution in [0.25, 0.3) is 11.1 Å². The van der Waals surface area contributed by atoms with Crippen molar-refractivity contribution in [2.75, 3.05) is 29.6 Å². The van der Waals surface area contributed by atoms with E-state index in [-0.39, 0.29) is 5.95 Å². The number of rotatable bonds is 3. The first-order chi connectivity index (χ1) is 9.06. The molecule has 0 saturated heterocycles. The minimum atomic E-state index is 0.193. The molecule has 1 aromatic heterocycles. The fourth-order valence-electron chi connectivity index (χ4n) is 2.06. The maximum atomic E-state index is 5.97. The molecule has 1 heterocycles. The molecule has 0 aliphatic heterocycles. The minimum absolute atomic E-state index is 0.193. The third-order valence-corrected chi connectivity index (χ3v) is 2.97. The van der Waals surface area contributed by atoms with Crippen molar-refractivity contribution in [1.82, 2.24) is 9.97 Å². The molecular weight excluding hydrogens is 240 g/mol. The summed E-state index contributed by atoms with van der Waals surface area (Å²) in [5, 5.41) is 3.02. The molecule has 6 nitrogen and oxygen atoms in total. The lowest BCUT2D eigenvalue weighted by molar-refractivity contribution is 1.02. The average molecular weight is 258 g/mol. The van der Waals surface area contributed by atoms with Gasteiger partial charge in [-0.3, -0.25) is 0 Å². The number of nitrogens with one attached hydrogen (secondary N) is 1. The minimum Gasteiger partial charge on any atom is -0.397 e. The van der Waals surface area contributed by atoms with Crippen molar-refractivity contribution in [3.05, 3.63) is 23.9 Å². The molecule has 7 N–H and O–H groups in total. The lowest BCUT2D eigenvalue weighted by Gasteiger charge is -2.13. The molecule has 2 rings (SSSR count). The van der Waals surface area contributed by atoms with Gasteiger partial charge in [-0.05, 0) is 24.1 Å². The van der Waals surface area contributed by atoms with Crippen molar-refractivity contribution in [1.29, 1.82) is 0 Å². The van der Waals surface area contributed by atoms with Crippen LogP contribution in [-0.4, -0.2) is 17.0 Å². The Balaban J connectivity index is 2.61. The molecule has 0 aliphatic carbocycles. The van der Waals surface area contributed by atoms with Crippen LogP contribution >= 0.6 is 0 Å². The van der Waals surface area contributed by atoms with Gasteiger partial charge in [-0.1, -0.05) is 13.0 Å². The zero-order valence-electron chi connectivity index (χ0n) is 11.1. The van der Waals surface area contributed by atoms with Crippen molar-refractivity contribution in [3.63, 3.8) is 0 Å². The normalized spacial score (nSPS) is 10.4. The molecule has 0 atom stereocenters. The van der Waals surface area contributed by atoms with Gasteiger partial charge in [0.1, 0.15) is 5.82 Å². The van der Waals surface area contributed by atoms with Crippen LogP contribution in [0.1, 0.15) is 12.6 Å². The van der Waals surface area contributed by atoms with Crippen LogP contribution < -0.4 is 22.5 Å². The molecule has 100 valence electrons. The van der Waals surface area contributed by atoms with Crippen molar-refractivity contribution in [3.8, 4) is 11.1 Å². The number of hydrogen-bond donors (Lipinski definition) is 4. The highest BCUT2D eigenvalue weighted by Crippen LogP contribution is 2.32. The highest BCUT2D eigenvalue weighted by Gasteiger charge is 2.13. The summed E-state index contributed by atoms with van der Waals surface area (Å²) in [6.45, 7) is 2.00. The number of anilines is 4. The summed E-state index contributed by atoms with van der Waals surface area (Å²) in [6.07, 6.45) is 0.722. The summed E-state index contributed by atoms with van der Waals surface area (Å²) in [6, 6.07) is 5.70. The molecule has 6 heteroatoms. The van der Waals surface area contributed by atoms with E-state index in [1.165, 1.54) is 0 Å². The lowest BCUT2D eigenvalue weighted by Crippen LogP contribution is -2.06. The van der Waals surface area contributed by atoms with Gasteiger partial charge in [-0.15, -0.1) is 0 Å². The Morgan fingerprint density at radius 3 is 2.47 bits per heavy atom. The van der Waals surface area contributed by atoms with Gasteiger partial charge in [-0.25, -0.2) is 4.98 Å². The van der Waals surface area contributed by atoms with Crippen LogP contribution in [-0.2, 0) is 6.42 Å². The molecule has 1 aromatic carbocycles. The summed E-state index contributed by atoms with van der Waals surface area (Å²) >= 11 is 0. The van der Waals surface area contributed by atoms with E-state index < -0.39 is 0 Å². The Labute approximate surface area is 112 Å². The highest BCUT2D eigenvalue weighted by molar-refractivity contribution is 5.82. The molecule has 19 heavy (non-hydrogen) atoms. The third kappa shape index (κ3) is 2.37. The average Bonchev–Trinajstić information content (AvgIpc) is 2.37. The number of nitrogen functional groups attached to an aromatic ring is 3. The Kier molecular flexibility index (Phi) is 3.41. The Morgan fingerprint density at radius 2 is 1.89 bits per heavy atom. The van der Waals surface area contributed by atoms with Gasteiger partial charge in [0, 0.05) is 12.6 Å². The van der Waals surface area contributed by atoms with E-state index in [0.717, 1.165) is 28.9 Å². The second kappa shape index (κ2) is 5.01. The van der Waals surface area contributed by atoms with Gasteiger partial charge in [0.15, 0.2) is 0 Å². The number of nitrogens with zero attached hydrogens (tertiary/aromatic N) is 2.